The summed E-state index contributed by atoms with van der Waals surface area (Å²) >= 11 is 0. The summed E-state index contributed by atoms with van der Waals surface area (Å²) in [6.45, 7) is 2.75. The molecular weight excluding hydrogens is 1240 g/mol. The highest BCUT2D eigenvalue weighted by Gasteiger charge is 2.51. The third kappa shape index (κ3) is 51.5. The molecule has 12 atom stereocenters. The number of unbranched alkanes of at least 4 members (excludes halogenated alkanes) is 50. The number of rotatable bonds is 71. The molecule has 0 aromatic rings. The van der Waals surface area contributed by atoms with Gasteiger partial charge in [0.05, 0.1) is 32.0 Å². The first kappa shape index (κ1) is 92.8. The van der Waals surface area contributed by atoms with Gasteiger partial charge in [0, 0.05) is 6.42 Å². The Morgan fingerprint density at radius 1 is 0.374 bits per heavy atom. The highest BCUT2D eigenvalue weighted by Crippen LogP contribution is 2.30. The number of aliphatic hydroxyl groups excluding tert-OH is 8. The van der Waals surface area contributed by atoms with Crippen molar-refractivity contribution < 1.29 is 64.6 Å². The Morgan fingerprint density at radius 3 is 1.07 bits per heavy atom. The van der Waals surface area contributed by atoms with Crippen molar-refractivity contribution >= 4 is 5.91 Å². The number of ether oxygens (including phenoxy) is 4. The Kier molecular flexibility index (Phi) is 64.5. The molecule has 2 saturated heterocycles. The van der Waals surface area contributed by atoms with E-state index in [-0.39, 0.29) is 18.9 Å². The summed E-state index contributed by atoms with van der Waals surface area (Å²) in [5.74, 6) is -0.232. The minimum absolute atomic E-state index is 0.232. The molecule has 0 aromatic carbocycles. The number of aliphatic hydroxyl groups is 8. The van der Waals surface area contributed by atoms with Crippen molar-refractivity contribution in [1.82, 2.24) is 5.32 Å². The van der Waals surface area contributed by atoms with Crippen molar-refractivity contribution in [3.05, 3.63) is 60.8 Å². The van der Waals surface area contributed by atoms with Crippen LogP contribution in [0.25, 0.3) is 0 Å². The highest BCUT2D eigenvalue weighted by molar-refractivity contribution is 5.76. The van der Waals surface area contributed by atoms with Gasteiger partial charge in [-0.25, -0.2) is 0 Å². The van der Waals surface area contributed by atoms with Crippen LogP contribution in [0.1, 0.15) is 380 Å². The molecule has 0 bridgehead atoms. The molecule has 0 radical (unpaired) electrons. The van der Waals surface area contributed by atoms with Crippen molar-refractivity contribution in [3.8, 4) is 0 Å². The van der Waals surface area contributed by atoms with Gasteiger partial charge < -0.3 is 65.1 Å². The van der Waals surface area contributed by atoms with Crippen LogP contribution in [-0.2, 0) is 23.7 Å². The lowest BCUT2D eigenvalue weighted by Gasteiger charge is -2.46. The van der Waals surface area contributed by atoms with Crippen LogP contribution in [0, 0.1) is 0 Å². The second-order valence-corrected chi connectivity index (χ2v) is 29.6. The first-order valence-corrected chi connectivity index (χ1v) is 42.0. The van der Waals surface area contributed by atoms with E-state index in [1.807, 2.05) is 6.08 Å². The molecule has 1 amide bonds. The molecule has 14 heteroatoms. The van der Waals surface area contributed by atoms with Gasteiger partial charge in [0.25, 0.3) is 0 Å². The number of nitrogens with one attached hydrogen (secondary N) is 1. The van der Waals surface area contributed by atoms with E-state index in [9.17, 15) is 45.6 Å². The zero-order valence-corrected chi connectivity index (χ0v) is 63.7. The molecule has 2 fully saturated rings. The van der Waals surface area contributed by atoms with E-state index >= 15 is 0 Å². The average Bonchev–Trinajstić information content (AvgIpc) is 0.799. The number of hydrogen-bond donors (Lipinski definition) is 9. The van der Waals surface area contributed by atoms with Crippen LogP contribution < -0.4 is 5.32 Å². The summed E-state index contributed by atoms with van der Waals surface area (Å²) < 4.78 is 22.9. The lowest BCUT2D eigenvalue weighted by molar-refractivity contribution is -0.359. The fourth-order valence-electron chi connectivity index (χ4n) is 13.9. The minimum atomic E-state index is -1.79. The number of hydrogen-bond acceptors (Lipinski definition) is 13. The first-order chi connectivity index (χ1) is 48.6. The van der Waals surface area contributed by atoms with E-state index in [0.717, 1.165) is 64.2 Å². The molecule has 0 spiro atoms. The summed E-state index contributed by atoms with van der Waals surface area (Å²) in [6.07, 6.45) is 77.4. The lowest BCUT2D eigenvalue weighted by Crippen LogP contribution is -2.65. The maximum atomic E-state index is 13.4. The molecule has 12 unspecified atom stereocenters. The van der Waals surface area contributed by atoms with Crippen LogP contribution in [0.2, 0.25) is 0 Å². The van der Waals surface area contributed by atoms with Crippen molar-refractivity contribution in [2.24, 2.45) is 0 Å². The van der Waals surface area contributed by atoms with Crippen molar-refractivity contribution in [2.75, 3.05) is 19.8 Å². The molecule has 9 N–H and O–H groups in total. The predicted octanol–water partition coefficient (Wildman–Crippen LogP) is 19.5. The van der Waals surface area contributed by atoms with Crippen molar-refractivity contribution in [2.45, 2.75) is 453 Å². The fraction of sp³-hybridized carbons (Fsp3) is 0.871. The van der Waals surface area contributed by atoms with Gasteiger partial charge in [-0.05, 0) is 57.8 Å². The van der Waals surface area contributed by atoms with Gasteiger partial charge in [0.15, 0.2) is 12.6 Å². The number of amides is 1. The smallest absolute Gasteiger partial charge is 0.220 e. The third-order valence-corrected chi connectivity index (χ3v) is 20.5. The molecule has 580 valence electrons. The fourth-order valence-corrected chi connectivity index (χ4v) is 13.9. The topological polar surface area (TPSA) is 228 Å². The van der Waals surface area contributed by atoms with Crippen LogP contribution in [0.4, 0.5) is 0 Å². The predicted molar refractivity (Wildman–Crippen MR) is 411 cm³/mol. The van der Waals surface area contributed by atoms with E-state index in [0.29, 0.717) is 6.42 Å². The quantitative estimate of drug-likeness (QED) is 0.0204. The van der Waals surface area contributed by atoms with Gasteiger partial charge in [-0.1, -0.05) is 376 Å². The van der Waals surface area contributed by atoms with Crippen LogP contribution in [0.5, 0.6) is 0 Å². The van der Waals surface area contributed by atoms with E-state index in [1.165, 1.54) is 289 Å². The van der Waals surface area contributed by atoms with Crippen molar-refractivity contribution in [3.63, 3.8) is 0 Å². The highest BCUT2D eigenvalue weighted by atomic mass is 16.7. The molecule has 0 aliphatic carbocycles. The summed E-state index contributed by atoms with van der Waals surface area (Å²) in [5.41, 5.74) is 0. The number of carbonyl (C=O) groups is 1. The van der Waals surface area contributed by atoms with E-state index in [2.05, 4.69) is 67.8 Å². The Bertz CT molecular complexity index is 1900. The van der Waals surface area contributed by atoms with E-state index < -0.39 is 86.8 Å². The van der Waals surface area contributed by atoms with E-state index in [4.69, 9.17) is 18.9 Å². The minimum Gasteiger partial charge on any atom is -0.394 e. The Morgan fingerprint density at radius 2 is 0.697 bits per heavy atom. The average molecular weight is 1400 g/mol. The first-order valence-electron chi connectivity index (χ1n) is 42.0. The monoisotopic (exact) mass is 1400 g/mol. The molecule has 99 heavy (non-hydrogen) atoms. The molecular formula is C85H157NO13. The molecule has 0 saturated carbocycles. The standard InChI is InChI=1S/C85H157NO13/c1-3-5-7-9-11-13-15-17-19-21-23-25-27-29-31-33-35-36-37-38-39-41-43-45-47-49-51-53-55-57-59-61-63-65-67-69-77(90)86-73(72-96-84-82(95)80(93)83(76(71-88)98-84)99-85-81(94)79(92)78(91)75(70-87)97-85)74(89)68-66-64-62-60-58-56-54-52-50-48-46-44-42-40-34-32-30-28-26-24-22-20-18-16-14-12-10-8-6-4-2/h5,7,11,13,17,19,23,25,66,68,73-76,78-85,87-89,91-95H,3-4,6,8-10,12,14-16,18,20-22,24,26-65,67,69-72H2,1-2H3,(H,86,90)/b7-5-,13-11-,19-17-,25-23-,68-66+. The van der Waals surface area contributed by atoms with Gasteiger partial charge in [-0.3, -0.25) is 4.79 Å². The number of allylic oxidation sites excluding steroid dienone is 9. The van der Waals surface area contributed by atoms with Gasteiger partial charge in [-0.2, -0.15) is 0 Å². The van der Waals surface area contributed by atoms with Gasteiger partial charge in [-0.15, -0.1) is 0 Å². The van der Waals surface area contributed by atoms with Crippen LogP contribution in [-0.4, -0.2) is 140 Å². The van der Waals surface area contributed by atoms with Crippen LogP contribution >= 0.6 is 0 Å². The Labute approximate surface area is 606 Å². The second kappa shape index (κ2) is 68.8. The lowest BCUT2D eigenvalue weighted by atomic mass is 9.97. The largest absolute Gasteiger partial charge is 0.394 e. The Hall–Kier alpha value is -2.31. The summed E-state index contributed by atoms with van der Waals surface area (Å²) in [7, 11) is 0. The van der Waals surface area contributed by atoms with Crippen molar-refractivity contribution in [1.29, 1.82) is 0 Å². The van der Waals surface area contributed by atoms with Gasteiger partial charge in [0.2, 0.25) is 5.91 Å². The molecule has 14 nitrogen and oxygen atoms in total. The third-order valence-electron chi connectivity index (χ3n) is 20.5. The van der Waals surface area contributed by atoms with E-state index in [1.54, 1.807) is 6.08 Å². The Balaban J connectivity index is 1.59. The summed E-state index contributed by atoms with van der Waals surface area (Å²) in [6, 6.07) is -0.917. The van der Waals surface area contributed by atoms with Gasteiger partial charge in [0.1, 0.15) is 48.8 Å². The van der Waals surface area contributed by atoms with Crippen LogP contribution in [0.15, 0.2) is 60.8 Å². The molecule has 2 heterocycles. The maximum Gasteiger partial charge on any atom is 0.220 e. The molecule has 0 aromatic heterocycles. The molecule has 2 aliphatic rings. The second-order valence-electron chi connectivity index (χ2n) is 29.6. The SMILES string of the molecule is CC/C=C\C/C=C\C/C=C\C/C=C\CCCCCCCCCCCCCCCCCCCCCCCCC(=O)NC(COC1OC(CO)C(OC2OC(CO)C(O)C(O)C2O)C(O)C1O)C(O)/C=C/CCCCCCCCCCCCCCCCCCCCCCCCCCCCCC. The van der Waals surface area contributed by atoms with Crippen LogP contribution in [0.3, 0.4) is 0 Å². The maximum absolute atomic E-state index is 13.4. The molecule has 2 rings (SSSR count). The zero-order chi connectivity index (χ0) is 71.5. The van der Waals surface area contributed by atoms with Gasteiger partial charge >= 0.3 is 0 Å². The molecule has 2 aliphatic heterocycles. The normalized spacial score (nSPS) is 22.2. The zero-order valence-electron chi connectivity index (χ0n) is 63.7. The number of carbonyl (C=O) groups excluding carboxylic acids is 1. The summed E-state index contributed by atoms with van der Waals surface area (Å²) in [5, 5.41) is 87.8. The summed E-state index contributed by atoms with van der Waals surface area (Å²) in [4.78, 5) is 13.4.